The topological polar surface area (TPSA) is 146 Å². The maximum absolute atomic E-state index is 12.2. The van der Waals surface area contributed by atoms with Crippen LogP contribution in [0.3, 0.4) is 0 Å². The number of ketones is 1. The zero-order valence-corrected chi connectivity index (χ0v) is 13.4. The standard InChI is InChI=1S/C16H14O6.CH4N2/c1-21-13-3-2-8(4-10(13)18)14-7-12(20)16-11(19)5-9(17)6-15(16)22-14;2-1-3/h2-6,14,17-19H,7H2,1H3;1H,(H3,2,3)/t14-;/m0./s1. The Hall–Kier alpha value is -3.42. The van der Waals surface area contributed by atoms with Gasteiger partial charge < -0.3 is 30.5 Å². The van der Waals surface area contributed by atoms with E-state index in [0.29, 0.717) is 11.3 Å². The summed E-state index contributed by atoms with van der Waals surface area (Å²) in [6.07, 6.45) is 0.162. The largest absolute Gasteiger partial charge is 0.508 e. The molecule has 1 aliphatic heterocycles. The number of hydrogen-bond acceptors (Lipinski definition) is 7. The van der Waals surface area contributed by atoms with E-state index in [0.717, 1.165) is 12.4 Å². The van der Waals surface area contributed by atoms with Crippen molar-refractivity contribution < 1.29 is 29.6 Å². The molecule has 0 bridgehead atoms. The first-order valence-corrected chi connectivity index (χ1v) is 7.24. The molecule has 0 aromatic heterocycles. The molecular weight excluding hydrogens is 328 g/mol. The first kappa shape index (κ1) is 17.9. The summed E-state index contributed by atoms with van der Waals surface area (Å²) in [5.41, 5.74) is 5.05. The first-order valence-electron chi connectivity index (χ1n) is 7.24. The highest BCUT2D eigenvalue weighted by Gasteiger charge is 2.31. The molecule has 2 aromatic carbocycles. The third-order valence-electron chi connectivity index (χ3n) is 3.56. The van der Waals surface area contributed by atoms with Gasteiger partial charge in [-0.2, -0.15) is 0 Å². The highest BCUT2D eigenvalue weighted by molar-refractivity contribution is 6.02. The number of methoxy groups -OCH3 is 1. The van der Waals surface area contributed by atoms with Crippen LogP contribution in [0.1, 0.15) is 28.4 Å². The number of carbonyl (C=O) groups excluding carboxylic acids is 1. The predicted octanol–water partition coefficient (Wildman–Crippen LogP) is 2.07. The Bertz CT molecular complexity index is 806. The van der Waals surface area contributed by atoms with Crippen LogP contribution in [0.4, 0.5) is 0 Å². The van der Waals surface area contributed by atoms with Crippen LogP contribution in [0.5, 0.6) is 28.7 Å². The smallest absolute Gasteiger partial charge is 0.174 e. The third kappa shape index (κ3) is 3.74. The lowest BCUT2D eigenvalue weighted by Crippen LogP contribution is -2.20. The number of phenolic OH excluding ortho intramolecular Hbond substituents is 3. The molecule has 1 heterocycles. The van der Waals surface area contributed by atoms with Crippen molar-refractivity contribution in [3.05, 3.63) is 41.5 Å². The second kappa shape index (κ2) is 7.43. The molecule has 6 N–H and O–H groups in total. The summed E-state index contributed by atoms with van der Waals surface area (Å²) in [6.45, 7) is 0. The van der Waals surface area contributed by atoms with Crippen LogP contribution in [-0.2, 0) is 0 Å². The number of fused-ring (bicyclic) bond motifs is 1. The molecule has 132 valence electrons. The van der Waals surface area contributed by atoms with Crippen molar-refractivity contribution in [3.8, 4) is 28.7 Å². The summed E-state index contributed by atoms with van der Waals surface area (Å²) in [6, 6.07) is 7.10. The fourth-order valence-corrected chi connectivity index (χ4v) is 2.52. The van der Waals surface area contributed by atoms with Gasteiger partial charge in [-0.25, -0.2) is 0 Å². The van der Waals surface area contributed by atoms with Crippen molar-refractivity contribution in [1.82, 2.24) is 0 Å². The Kier molecular flexibility index (Phi) is 5.33. The van der Waals surface area contributed by atoms with Crippen molar-refractivity contribution in [3.63, 3.8) is 0 Å². The number of hydrogen-bond donors (Lipinski definition) is 5. The van der Waals surface area contributed by atoms with Gasteiger partial charge in [-0.15, -0.1) is 0 Å². The van der Waals surface area contributed by atoms with Gasteiger partial charge in [0, 0.05) is 12.1 Å². The summed E-state index contributed by atoms with van der Waals surface area (Å²) >= 11 is 0. The van der Waals surface area contributed by atoms with Gasteiger partial charge in [0.15, 0.2) is 17.3 Å². The molecule has 0 amide bonds. The minimum Gasteiger partial charge on any atom is -0.508 e. The van der Waals surface area contributed by atoms with Gasteiger partial charge >= 0.3 is 0 Å². The molecule has 0 fully saturated rings. The molecule has 0 saturated carbocycles. The van der Waals surface area contributed by atoms with Gasteiger partial charge in [-0.1, -0.05) is 6.07 Å². The first-order chi connectivity index (χ1) is 11.9. The molecule has 25 heavy (non-hydrogen) atoms. The Balaban J connectivity index is 0.000000701. The second-order valence-electron chi connectivity index (χ2n) is 5.17. The number of benzene rings is 2. The van der Waals surface area contributed by atoms with Crippen LogP contribution in [0.25, 0.3) is 0 Å². The molecule has 0 radical (unpaired) electrons. The summed E-state index contributed by atoms with van der Waals surface area (Å²) in [5.74, 6) is -0.409. The number of nitrogens with two attached hydrogens (primary N) is 1. The lowest BCUT2D eigenvalue weighted by molar-refractivity contribution is 0.0844. The number of ether oxygens (including phenoxy) is 2. The van der Waals surface area contributed by atoms with E-state index in [2.05, 4.69) is 5.73 Å². The minimum atomic E-state index is -0.613. The lowest BCUT2D eigenvalue weighted by Gasteiger charge is -2.26. The van der Waals surface area contributed by atoms with Crippen molar-refractivity contribution in [2.24, 2.45) is 5.73 Å². The zero-order valence-electron chi connectivity index (χ0n) is 13.4. The normalized spacial score (nSPS) is 15.2. The van der Waals surface area contributed by atoms with Crippen molar-refractivity contribution in [2.75, 3.05) is 7.11 Å². The van der Waals surface area contributed by atoms with Gasteiger partial charge in [0.25, 0.3) is 0 Å². The Morgan fingerprint density at radius 1 is 1.24 bits per heavy atom. The molecule has 1 aliphatic rings. The van der Waals surface area contributed by atoms with Gasteiger partial charge in [-0.3, -0.25) is 10.2 Å². The van der Waals surface area contributed by atoms with E-state index >= 15 is 0 Å². The molecule has 0 saturated heterocycles. The van der Waals surface area contributed by atoms with Crippen LogP contribution in [0.15, 0.2) is 30.3 Å². The second-order valence-corrected chi connectivity index (χ2v) is 5.17. The highest BCUT2D eigenvalue weighted by Crippen LogP contribution is 2.42. The van der Waals surface area contributed by atoms with Crippen LogP contribution in [0.2, 0.25) is 0 Å². The summed E-state index contributed by atoms with van der Waals surface area (Å²) in [5, 5.41) is 35.0. The number of nitrogens with one attached hydrogen (secondary N) is 1. The summed E-state index contributed by atoms with van der Waals surface area (Å²) in [7, 11) is 1.44. The van der Waals surface area contributed by atoms with Crippen LogP contribution < -0.4 is 15.2 Å². The number of rotatable bonds is 2. The Labute approximate surface area is 143 Å². The summed E-state index contributed by atoms with van der Waals surface area (Å²) < 4.78 is 10.7. The zero-order chi connectivity index (χ0) is 18.6. The average Bonchev–Trinajstić information content (AvgIpc) is 2.54. The van der Waals surface area contributed by atoms with E-state index in [1.165, 1.54) is 19.2 Å². The number of Topliss-reactive ketones (excluding diaryl/α,β-unsaturated/α-hetero) is 1. The van der Waals surface area contributed by atoms with Crippen molar-refractivity contribution in [1.29, 1.82) is 5.41 Å². The van der Waals surface area contributed by atoms with E-state index in [1.807, 2.05) is 0 Å². The van der Waals surface area contributed by atoms with Crippen LogP contribution in [-0.4, -0.2) is 34.6 Å². The monoisotopic (exact) mass is 346 g/mol. The van der Waals surface area contributed by atoms with Crippen LogP contribution in [0, 0.1) is 5.41 Å². The maximum Gasteiger partial charge on any atom is 0.174 e. The van der Waals surface area contributed by atoms with E-state index in [1.54, 1.807) is 12.1 Å². The number of carbonyl (C=O) groups is 1. The predicted molar refractivity (Wildman–Crippen MR) is 89.7 cm³/mol. The Morgan fingerprint density at radius 3 is 2.52 bits per heavy atom. The number of phenols is 3. The molecule has 0 aliphatic carbocycles. The fourth-order valence-electron chi connectivity index (χ4n) is 2.52. The molecular formula is C17H18N2O6. The van der Waals surface area contributed by atoms with Gasteiger partial charge in [-0.05, 0) is 17.7 Å². The quantitative estimate of drug-likeness (QED) is 0.413. The number of aromatic hydroxyl groups is 3. The maximum atomic E-state index is 12.2. The van der Waals surface area contributed by atoms with Crippen molar-refractivity contribution in [2.45, 2.75) is 12.5 Å². The average molecular weight is 346 g/mol. The van der Waals surface area contributed by atoms with E-state index in [9.17, 15) is 20.1 Å². The molecule has 2 aromatic rings. The molecule has 0 unspecified atom stereocenters. The molecule has 8 heteroatoms. The summed E-state index contributed by atoms with van der Waals surface area (Å²) in [4.78, 5) is 12.2. The van der Waals surface area contributed by atoms with E-state index in [4.69, 9.17) is 14.9 Å². The molecule has 8 nitrogen and oxygen atoms in total. The van der Waals surface area contributed by atoms with Crippen molar-refractivity contribution >= 4 is 12.1 Å². The molecule has 1 atom stereocenters. The lowest BCUT2D eigenvalue weighted by atomic mass is 9.95. The third-order valence-corrected chi connectivity index (χ3v) is 3.56. The molecule has 0 spiro atoms. The SMILES string of the molecule is COc1ccc([C@@H]2CC(=O)c3c(O)cc(O)cc3O2)cc1O.N=CN. The van der Waals surface area contributed by atoms with Gasteiger partial charge in [0.2, 0.25) is 0 Å². The molecule has 3 rings (SSSR count). The van der Waals surface area contributed by atoms with Crippen LogP contribution >= 0.6 is 0 Å². The highest BCUT2D eigenvalue weighted by atomic mass is 16.5. The van der Waals surface area contributed by atoms with E-state index < -0.39 is 6.10 Å². The van der Waals surface area contributed by atoms with Gasteiger partial charge in [0.05, 0.1) is 19.9 Å². The van der Waals surface area contributed by atoms with E-state index in [-0.39, 0.29) is 40.8 Å². The van der Waals surface area contributed by atoms with Gasteiger partial charge in [0.1, 0.15) is 28.9 Å². The Morgan fingerprint density at radius 2 is 1.92 bits per heavy atom. The fraction of sp³-hybridized carbons (Fsp3) is 0.176. The minimum absolute atomic E-state index is 0.0249.